The Morgan fingerprint density at radius 1 is 0.962 bits per heavy atom. The summed E-state index contributed by atoms with van der Waals surface area (Å²) in [6, 6.07) is 16.1. The SMILES string of the molecule is C[Si](C)(C)c1ccc(NC(=O)N2CCN(c3ccccc3Cl)CC2)cc1. The standard InChI is InChI=1S/C20H26ClN3OSi/c1-26(2,3)17-10-8-16(9-11-17)22-20(25)24-14-12-23(13-15-24)19-7-5-4-6-18(19)21/h4-11H,12-15H2,1-3H3,(H,22,25). The van der Waals surface area contributed by atoms with E-state index in [2.05, 4.69) is 42.0 Å². The highest BCUT2D eigenvalue weighted by atomic mass is 35.5. The highest BCUT2D eigenvalue weighted by Crippen LogP contribution is 2.26. The molecule has 6 heteroatoms. The van der Waals surface area contributed by atoms with Gasteiger partial charge in [-0.15, -0.1) is 0 Å². The molecule has 1 aliphatic rings. The van der Waals surface area contributed by atoms with E-state index < -0.39 is 8.07 Å². The molecule has 0 unspecified atom stereocenters. The average molecular weight is 388 g/mol. The van der Waals surface area contributed by atoms with E-state index in [1.165, 1.54) is 5.19 Å². The number of nitrogens with one attached hydrogen (secondary N) is 1. The van der Waals surface area contributed by atoms with E-state index in [0.29, 0.717) is 13.1 Å². The molecule has 0 saturated carbocycles. The lowest BCUT2D eigenvalue weighted by Gasteiger charge is -2.36. The molecule has 2 aromatic rings. The Morgan fingerprint density at radius 2 is 1.58 bits per heavy atom. The maximum absolute atomic E-state index is 12.5. The number of carbonyl (C=O) groups excluding carboxylic acids is 1. The summed E-state index contributed by atoms with van der Waals surface area (Å²) in [6.07, 6.45) is 0. The van der Waals surface area contributed by atoms with Crippen molar-refractivity contribution >= 4 is 42.3 Å². The molecular formula is C20H26ClN3OSi. The Morgan fingerprint density at radius 3 is 2.15 bits per heavy atom. The van der Waals surface area contributed by atoms with Crippen LogP contribution in [0.1, 0.15) is 0 Å². The molecule has 1 heterocycles. The van der Waals surface area contributed by atoms with Crippen molar-refractivity contribution in [1.29, 1.82) is 0 Å². The van der Waals surface area contributed by atoms with Gasteiger partial charge in [0.2, 0.25) is 0 Å². The first-order valence-corrected chi connectivity index (χ1v) is 12.9. The fraction of sp³-hybridized carbons (Fsp3) is 0.350. The second-order valence-corrected chi connectivity index (χ2v) is 13.2. The second-order valence-electron chi connectivity index (χ2n) is 7.68. The van der Waals surface area contributed by atoms with E-state index >= 15 is 0 Å². The van der Waals surface area contributed by atoms with Gasteiger partial charge >= 0.3 is 6.03 Å². The normalized spacial score (nSPS) is 15.1. The highest BCUT2D eigenvalue weighted by Gasteiger charge is 2.22. The molecule has 1 saturated heterocycles. The Labute approximate surface area is 161 Å². The van der Waals surface area contributed by atoms with Crippen molar-refractivity contribution < 1.29 is 4.79 Å². The lowest BCUT2D eigenvalue weighted by molar-refractivity contribution is 0.208. The largest absolute Gasteiger partial charge is 0.367 e. The van der Waals surface area contributed by atoms with Gasteiger partial charge < -0.3 is 15.1 Å². The number of anilines is 2. The number of nitrogens with zero attached hydrogens (tertiary/aromatic N) is 2. The van der Waals surface area contributed by atoms with Crippen LogP contribution in [0.4, 0.5) is 16.2 Å². The van der Waals surface area contributed by atoms with E-state index in [1.807, 2.05) is 41.3 Å². The Kier molecular flexibility index (Phi) is 5.58. The topological polar surface area (TPSA) is 35.6 Å². The summed E-state index contributed by atoms with van der Waals surface area (Å²) in [5.74, 6) is 0. The van der Waals surface area contributed by atoms with Crippen LogP contribution in [0.3, 0.4) is 0 Å². The minimum absolute atomic E-state index is 0.0374. The number of carbonyl (C=O) groups is 1. The number of amides is 2. The van der Waals surface area contributed by atoms with E-state index in [4.69, 9.17) is 11.6 Å². The molecule has 0 aliphatic carbocycles. The number of urea groups is 1. The number of hydrogen-bond acceptors (Lipinski definition) is 2. The zero-order chi connectivity index (χ0) is 18.7. The molecule has 1 aliphatic heterocycles. The van der Waals surface area contributed by atoms with Gasteiger partial charge in [0.1, 0.15) is 0 Å². The van der Waals surface area contributed by atoms with E-state index in [9.17, 15) is 4.79 Å². The molecular weight excluding hydrogens is 362 g/mol. The van der Waals surface area contributed by atoms with E-state index in [0.717, 1.165) is 29.5 Å². The molecule has 0 spiro atoms. The van der Waals surface area contributed by atoms with Crippen LogP contribution in [0.15, 0.2) is 48.5 Å². The van der Waals surface area contributed by atoms with Crippen LogP contribution in [0.2, 0.25) is 24.7 Å². The van der Waals surface area contributed by atoms with Crippen LogP contribution < -0.4 is 15.4 Å². The maximum Gasteiger partial charge on any atom is 0.321 e. The molecule has 1 fully saturated rings. The van der Waals surface area contributed by atoms with Crippen molar-refractivity contribution in [3.8, 4) is 0 Å². The summed E-state index contributed by atoms with van der Waals surface area (Å²) in [7, 11) is -1.31. The Balaban J connectivity index is 1.56. The fourth-order valence-corrected chi connectivity index (χ4v) is 4.54. The van der Waals surface area contributed by atoms with Gasteiger partial charge in [-0.05, 0) is 24.3 Å². The van der Waals surface area contributed by atoms with Gasteiger partial charge in [-0.2, -0.15) is 0 Å². The van der Waals surface area contributed by atoms with Crippen LogP contribution in [0.5, 0.6) is 0 Å². The fourth-order valence-electron chi connectivity index (χ4n) is 3.11. The van der Waals surface area contributed by atoms with Crippen molar-refractivity contribution in [2.24, 2.45) is 0 Å². The lowest BCUT2D eigenvalue weighted by Crippen LogP contribution is -2.50. The van der Waals surface area contributed by atoms with Gasteiger partial charge in [-0.3, -0.25) is 0 Å². The number of para-hydroxylation sites is 1. The van der Waals surface area contributed by atoms with Gasteiger partial charge in [-0.25, -0.2) is 4.79 Å². The number of halogens is 1. The Hall–Kier alpha value is -1.98. The maximum atomic E-state index is 12.5. The quantitative estimate of drug-likeness (QED) is 0.799. The molecule has 0 aromatic heterocycles. The van der Waals surface area contributed by atoms with Crippen LogP contribution >= 0.6 is 11.6 Å². The molecule has 2 aromatic carbocycles. The summed E-state index contributed by atoms with van der Waals surface area (Å²) in [5.41, 5.74) is 1.89. The van der Waals surface area contributed by atoms with Crippen LogP contribution in [-0.4, -0.2) is 45.2 Å². The number of rotatable bonds is 3. The molecule has 0 radical (unpaired) electrons. The van der Waals surface area contributed by atoms with Crippen molar-refractivity contribution in [2.45, 2.75) is 19.6 Å². The van der Waals surface area contributed by atoms with Gasteiger partial charge in [-0.1, -0.05) is 60.7 Å². The third-order valence-corrected chi connectivity index (χ3v) is 7.15. The third kappa shape index (κ3) is 4.40. The van der Waals surface area contributed by atoms with E-state index in [-0.39, 0.29) is 6.03 Å². The third-order valence-electron chi connectivity index (χ3n) is 4.76. The number of benzene rings is 2. The molecule has 4 nitrogen and oxygen atoms in total. The van der Waals surface area contributed by atoms with Crippen molar-refractivity contribution in [3.05, 3.63) is 53.6 Å². The Bertz CT molecular complexity index is 765. The zero-order valence-electron chi connectivity index (χ0n) is 15.6. The van der Waals surface area contributed by atoms with Crippen molar-refractivity contribution in [3.63, 3.8) is 0 Å². The van der Waals surface area contributed by atoms with Gasteiger partial charge in [0.15, 0.2) is 0 Å². The monoisotopic (exact) mass is 387 g/mol. The van der Waals surface area contributed by atoms with Crippen LogP contribution in [0, 0.1) is 0 Å². The predicted octanol–water partition coefficient (Wildman–Crippen LogP) is 4.24. The minimum atomic E-state index is -1.31. The first kappa shape index (κ1) is 18.8. The number of hydrogen-bond donors (Lipinski definition) is 1. The summed E-state index contributed by atoms with van der Waals surface area (Å²) < 4.78 is 0. The lowest BCUT2D eigenvalue weighted by atomic mass is 10.2. The molecule has 2 amide bonds. The summed E-state index contributed by atoms with van der Waals surface area (Å²) in [5, 5.41) is 5.16. The second kappa shape index (κ2) is 7.72. The smallest absolute Gasteiger partial charge is 0.321 e. The average Bonchev–Trinajstić information content (AvgIpc) is 2.62. The van der Waals surface area contributed by atoms with Gasteiger partial charge in [0, 0.05) is 31.9 Å². The molecule has 0 bridgehead atoms. The molecule has 1 N–H and O–H groups in total. The molecule has 26 heavy (non-hydrogen) atoms. The van der Waals surface area contributed by atoms with Crippen molar-refractivity contribution in [2.75, 3.05) is 36.4 Å². The summed E-state index contributed by atoms with van der Waals surface area (Å²) in [6.45, 7) is 9.89. The van der Waals surface area contributed by atoms with Crippen molar-refractivity contribution in [1.82, 2.24) is 4.90 Å². The molecule has 0 atom stereocenters. The van der Waals surface area contributed by atoms with Gasteiger partial charge in [0.25, 0.3) is 0 Å². The first-order chi connectivity index (χ1) is 12.3. The van der Waals surface area contributed by atoms with Crippen LogP contribution in [-0.2, 0) is 0 Å². The first-order valence-electron chi connectivity index (χ1n) is 9.00. The van der Waals surface area contributed by atoms with Crippen LogP contribution in [0.25, 0.3) is 0 Å². The predicted molar refractivity (Wildman–Crippen MR) is 114 cm³/mol. The summed E-state index contributed by atoms with van der Waals surface area (Å²) in [4.78, 5) is 16.6. The highest BCUT2D eigenvalue weighted by molar-refractivity contribution is 6.88. The van der Waals surface area contributed by atoms with E-state index in [1.54, 1.807) is 0 Å². The van der Waals surface area contributed by atoms with Gasteiger partial charge in [0.05, 0.1) is 18.8 Å². The molecule has 3 rings (SSSR count). The zero-order valence-corrected chi connectivity index (χ0v) is 17.4. The minimum Gasteiger partial charge on any atom is -0.367 e. The summed E-state index contributed by atoms with van der Waals surface area (Å²) >= 11 is 6.28. The molecule has 138 valence electrons. The number of piperazine rings is 1.